The van der Waals surface area contributed by atoms with E-state index in [9.17, 15) is 0 Å². The number of hydrogen-bond acceptors (Lipinski definition) is 1. The number of hydrogen-bond donors (Lipinski definition) is 0. The average Bonchev–Trinajstić information content (AvgIpc) is 2.58. The van der Waals surface area contributed by atoms with Crippen LogP contribution in [0.3, 0.4) is 0 Å². The molecular formula is C10H16NP. The molecule has 1 fully saturated rings. The highest BCUT2D eigenvalue weighted by molar-refractivity contribution is 7.30. The van der Waals surface area contributed by atoms with E-state index in [2.05, 4.69) is 17.7 Å². The van der Waals surface area contributed by atoms with Crippen molar-refractivity contribution >= 4 is 8.19 Å². The summed E-state index contributed by atoms with van der Waals surface area (Å²) in [6.07, 6.45) is 8.94. The zero-order chi connectivity index (χ0) is 8.44. The maximum atomic E-state index is 4.48. The van der Waals surface area contributed by atoms with Crippen molar-refractivity contribution in [2.24, 2.45) is 0 Å². The monoisotopic (exact) mass is 181 g/mol. The first kappa shape index (κ1) is 8.31. The summed E-state index contributed by atoms with van der Waals surface area (Å²) in [4.78, 5) is 4.48. The summed E-state index contributed by atoms with van der Waals surface area (Å²) in [7, 11) is 0.871. The normalized spacial score (nSPS) is 23.1. The molecule has 1 atom stereocenters. The molecule has 0 spiro atoms. The SMILES string of the molecule is CC1(c2ncc[pH]2)CCCCC1. The highest BCUT2D eigenvalue weighted by atomic mass is 31.0. The molecule has 1 aromatic heterocycles. The largest absolute Gasteiger partial charge is 0.256 e. The second-order valence-corrected chi connectivity index (χ2v) is 5.15. The fourth-order valence-electron chi connectivity index (χ4n) is 2.16. The Morgan fingerprint density at radius 1 is 1.33 bits per heavy atom. The summed E-state index contributed by atoms with van der Waals surface area (Å²) < 4.78 is 0. The van der Waals surface area contributed by atoms with Gasteiger partial charge in [0.25, 0.3) is 0 Å². The number of aromatic nitrogens is 1. The fraction of sp³-hybridized carbons (Fsp3) is 0.700. The maximum absolute atomic E-state index is 4.48. The molecule has 12 heavy (non-hydrogen) atoms. The molecule has 0 saturated heterocycles. The van der Waals surface area contributed by atoms with Crippen molar-refractivity contribution in [1.29, 1.82) is 0 Å². The van der Waals surface area contributed by atoms with Crippen molar-refractivity contribution in [3.8, 4) is 0 Å². The lowest BCUT2D eigenvalue weighted by atomic mass is 9.76. The van der Waals surface area contributed by atoms with Crippen molar-refractivity contribution in [2.45, 2.75) is 44.4 Å². The van der Waals surface area contributed by atoms with Crippen LogP contribution in [-0.4, -0.2) is 4.98 Å². The molecule has 0 N–H and O–H groups in total. The Hall–Kier alpha value is -0.290. The van der Waals surface area contributed by atoms with Crippen LogP contribution in [0.1, 0.15) is 44.5 Å². The van der Waals surface area contributed by atoms with E-state index in [1.54, 1.807) is 0 Å². The van der Waals surface area contributed by atoms with E-state index in [-0.39, 0.29) is 0 Å². The maximum Gasteiger partial charge on any atom is 0.0620 e. The van der Waals surface area contributed by atoms with Crippen LogP contribution in [0.5, 0.6) is 0 Å². The summed E-state index contributed by atoms with van der Waals surface area (Å²) in [5.74, 6) is 2.20. The molecule has 0 amide bonds. The number of rotatable bonds is 1. The highest BCUT2D eigenvalue weighted by Gasteiger charge is 2.29. The third-order valence-corrected chi connectivity index (χ3v) is 4.35. The van der Waals surface area contributed by atoms with Gasteiger partial charge in [0, 0.05) is 11.6 Å². The van der Waals surface area contributed by atoms with Crippen LogP contribution in [0.15, 0.2) is 12.0 Å². The van der Waals surface area contributed by atoms with Crippen LogP contribution >= 0.6 is 8.19 Å². The van der Waals surface area contributed by atoms with Gasteiger partial charge in [0.1, 0.15) is 0 Å². The van der Waals surface area contributed by atoms with E-state index < -0.39 is 0 Å². The molecule has 1 unspecified atom stereocenters. The minimum atomic E-state index is 0.459. The Morgan fingerprint density at radius 2 is 2.08 bits per heavy atom. The molecular weight excluding hydrogens is 165 g/mol. The lowest BCUT2D eigenvalue weighted by Crippen LogP contribution is -2.24. The molecule has 1 saturated carbocycles. The molecule has 0 bridgehead atoms. The Balaban J connectivity index is 2.19. The zero-order valence-corrected chi connectivity index (χ0v) is 8.64. The number of nitrogens with zero attached hydrogens (tertiary/aromatic N) is 1. The predicted molar refractivity (Wildman–Crippen MR) is 54.2 cm³/mol. The molecule has 0 radical (unpaired) electrons. The van der Waals surface area contributed by atoms with Gasteiger partial charge in [-0.1, -0.05) is 26.2 Å². The van der Waals surface area contributed by atoms with Crippen molar-refractivity contribution in [2.75, 3.05) is 0 Å². The van der Waals surface area contributed by atoms with E-state index in [4.69, 9.17) is 0 Å². The van der Waals surface area contributed by atoms with E-state index in [1.807, 2.05) is 6.20 Å². The van der Waals surface area contributed by atoms with Gasteiger partial charge in [-0.3, -0.25) is 4.98 Å². The molecule has 1 aromatic rings. The van der Waals surface area contributed by atoms with E-state index >= 15 is 0 Å². The van der Waals surface area contributed by atoms with Gasteiger partial charge in [0.15, 0.2) is 0 Å². The van der Waals surface area contributed by atoms with E-state index in [0.29, 0.717) is 5.41 Å². The summed E-state index contributed by atoms with van der Waals surface area (Å²) in [6.45, 7) is 2.39. The van der Waals surface area contributed by atoms with Gasteiger partial charge in [-0.25, -0.2) is 0 Å². The van der Waals surface area contributed by atoms with Gasteiger partial charge in [-0.2, -0.15) is 0 Å². The second kappa shape index (κ2) is 3.22. The van der Waals surface area contributed by atoms with Crippen LogP contribution in [0.2, 0.25) is 0 Å². The predicted octanol–water partition coefficient (Wildman–Crippen LogP) is 3.33. The first-order chi connectivity index (χ1) is 5.81. The Bertz CT molecular complexity index is 234. The molecule has 2 heteroatoms. The van der Waals surface area contributed by atoms with E-state index in [0.717, 1.165) is 8.19 Å². The van der Waals surface area contributed by atoms with Gasteiger partial charge in [0.2, 0.25) is 0 Å². The molecule has 1 heterocycles. The van der Waals surface area contributed by atoms with Gasteiger partial charge in [-0.15, -0.1) is 8.19 Å². The minimum Gasteiger partial charge on any atom is -0.256 e. The van der Waals surface area contributed by atoms with Crippen molar-refractivity contribution in [3.05, 3.63) is 17.4 Å². The first-order valence-electron chi connectivity index (χ1n) is 4.81. The van der Waals surface area contributed by atoms with Crippen LogP contribution < -0.4 is 0 Å². The highest BCUT2D eigenvalue weighted by Crippen LogP contribution is 2.40. The Labute approximate surface area is 75.7 Å². The smallest absolute Gasteiger partial charge is 0.0620 e. The van der Waals surface area contributed by atoms with Gasteiger partial charge in [-0.05, 0) is 18.6 Å². The standard InChI is InChI=1S/C10H16NP/c1-10(5-3-2-4-6-10)9-11-7-8-12-9/h7-8,12H,2-6H2,1H3. The van der Waals surface area contributed by atoms with Crippen LogP contribution in [0, 0.1) is 0 Å². The molecule has 2 rings (SSSR count). The third kappa shape index (κ3) is 1.43. The summed E-state index contributed by atoms with van der Waals surface area (Å²) in [5, 5.41) is 0. The quantitative estimate of drug-likeness (QED) is 0.647. The zero-order valence-electron chi connectivity index (χ0n) is 7.64. The van der Waals surface area contributed by atoms with Crippen molar-refractivity contribution < 1.29 is 0 Å². The molecule has 1 aliphatic carbocycles. The van der Waals surface area contributed by atoms with E-state index in [1.165, 1.54) is 37.5 Å². The molecule has 1 nitrogen and oxygen atoms in total. The Kier molecular flexibility index (Phi) is 2.23. The van der Waals surface area contributed by atoms with Crippen LogP contribution in [-0.2, 0) is 5.41 Å². The summed E-state index contributed by atoms with van der Waals surface area (Å²) >= 11 is 0. The van der Waals surface area contributed by atoms with Crippen LogP contribution in [0.4, 0.5) is 0 Å². The third-order valence-electron chi connectivity index (χ3n) is 3.03. The lowest BCUT2D eigenvalue weighted by molar-refractivity contribution is 0.319. The second-order valence-electron chi connectivity index (χ2n) is 4.06. The van der Waals surface area contributed by atoms with Gasteiger partial charge < -0.3 is 0 Å². The topological polar surface area (TPSA) is 12.9 Å². The van der Waals surface area contributed by atoms with Crippen LogP contribution in [0.25, 0.3) is 0 Å². The summed E-state index contributed by atoms with van der Waals surface area (Å²) in [6, 6.07) is 0. The molecule has 0 aromatic carbocycles. The molecule has 0 aliphatic heterocycles. The first-order valence-corrected chi connectivity index (χ1v) is 5.89. The molecule has 1 aliphatic rings. The van der Waals surface area contributed by atoms with Gasteiger partial charge in [0.05, 0.1) is 5.43 Å². The van der Waals surface area contributed by atoms with Crippen molar-refractivity contribution in [3.63, 3.8) is 0 Å². The van der Waals surface area contributed by atoms with Gasteiger partial charge >= 0.3 is 0 Å². The fourth-order valence-corrected chi connectivity index (χ4v) is 3.22. The summed E-state index contributed by atoms with van der Waals surface area (Å²) in [5.41, 5.74) is 1.92. The lowest BCUT2D eigenvalue weighted by Gasteiger charge is -2.31. The Morgan fingerprint density at radius 3 is 2.67 bits per heavy atom. The van der Waals surface area contributed by atoms with Crippen molar-refractivity contribution in [1.82, 2.24) is 4.98 Å². The molecule has 66 valence electrons. The minimum absolute atomic E-state index is 0.459. The average molecular weight is 181 g/mol.